The Hall–Kier alpha value is -0.610. The van der Waals surface area contributed by atoms with E-state index in [1.165, 1.54) is 12.8 Å². The van der Waals surface area contributed by atoms with Crippen LogP contribution in [0.1, 0.15) is 19.8 Å². The van der Waals surface area contributed by atoms with Crippen LogP contribution in [0.5, 0.6) is 0 Å². The van der Waals surface area contributed by atoms with Crippen molar-refractivity contribution in [2.24, 2.45) is 5.92 Å². The molecule has 1 N–H and O–H groups in total. The van der Waals surface area contributed by atoms with Crippen LogP contribution in [-0.2, 0) is 0 Å². The zero-order chi connectivity index (χ0) is 10.5. The highest BCUT2D eigenvalue weighted by Gasteiger charge is 2.30. The van der Waals surface area contributed by atoms with Crippen LogP contribution >= 0.6 is 11.8 Å². The molecule has 0 saturated heterocycles. The van der Waals surface area contributed by atoms with Gasteiger partial charge < -0.3 is 5.32 Å². The van der Waals surface area contributed by atoms with E-state index in [0.29, 0.717) is 6.04 Å². The van der Waals surface area contributed by atoms with Gasteiger partial charge in [-0.05, 0) is 31.4 Å². The van der Waals surface area contributed by atoms with Crippen LogP contribution < -0.4 is 5.32 Å². The Morgan fingerprint density at radius 2 is 2.20 bits per heavy atom. The van der Waals surface area contributed by atoms with E-state index < -0.39 is 0 Å². The van der Waals surface area contributed by atoms with E-state index in [4.69, 9.17) is 0 Å². The van der Waals surface area contributed by atoms with Crippen LogP contribution in [0.4, 0.5) is 0 Å². The molecule has 3 nitrogen and oxygen atoms in total. The molecule has 0 aromatic carbocycles. The fraction of sp³-hybridized carbons (Fsp3) is 0.636. The quantitative estimate of drug-likeness (QED) is 0.591. The lowest BCUT2D eigenvalue weighted by atomic mass is 10.2. The molecular formula is C11H17N3S. The Kier molecular flexibility index (Phi) is 3.97. The lowest BCUT2D eigenvalue weighted by molar-refractivity contribution is 0.519. The first-order valence-electron chi connectivity index (χ1n) is 5.53. The van der Waals surface area contributed by atoms with Gasteiger partial charge in [-0.25, -0.2) is 9.97 Å². The maximum Gasteiger partial charge on any atom is 0.187 e. The minimum atomic E-state index is 0.642. The van der Waals surface area contributed by atoms with E-state index in [0.717, 1.165) is 23.4 Å². The van der Waals surface area contributed by atoms with Crippen LogP contribution in [-0.4, -0.2) is 28.3 Å². The van der Waals surface area contributed by atoms with Gasteiger partial charge in [-0.1, -0.05) is 18.7 Å². The lowest BCUT2D eigenvalue weighted by Crippen LogP contribution is -2.33. The summed E-state index contributed by atoms with van der Waals surface area (Å²) in [5.74, 6) is 1.98. The second kappa shape index (κ2) is 5.47. The molecule has 1 heterocycles. The minimum Gasteiger partial charge on any atom is -0.313 e. The van der Waals surface area contributed by atoms with Gasteiger partial charge in [-0.3, -0.25) is 0 Å². The largest absolute Gasteiger partial charge is 0.313 e. The Morgan fingerprint density at radius 1 is 1.47 bits per heavy atom. The topological polar surface area (TPSA) is 37.8 Å². The predicted molar refractivity (Wildman–Crippen MR) is 62.9 cm³/mol. The molecule has 1 aromatic heterocycles. The molecule has 1 unspecified atom stereocenters. The van der Waals surface area contributed by atoms with Gasteiger partial charge in [0.05, 0.1) is 0 Å². The molecule has 0 bridgehead atoms. The molecule has 2 rings (SSSR count). The van der Waals surface area contributed by atoms with Gasteiger partial charge in [0.2, 0.25) is 0 Å². The maximum atomic E-state index is 4.21. The van der Waals surface area contributed by atoms with Crippen LogP contribution in [0.3, 0.4) is 0 Å². The van der Waals surface area contributed by atoms with Crippen LogP contribution in [0.25, 0.3) is 0 Å². The van der Waals surface area contributed by atoms with E-state index in [1.807, 2.05) is 6.07 Å². The van der Waals surface area contributed by atoms with E-state index in [2.05, 4.69) is 22.2 Å². The summed E-state index contributed by atoms with van der Waals surface area (Å²) < 4.78 is 0. The van der Waals surface area contributed by atoms with Gasteiger partial charge in [0.1, 0.15) is 0 Å². The molecule has 1 aliphatic rings. The molecule has 0 aliphatic heterocycles. The molecule has 1 aromatic rings. The third kappa shape index (κ3) is 3.47. The second-order valence-electron chi connectivity index (χ2n) is 3.84. The van der Waals surface area contributed by atoms with Crippen molar-refractivity contribution in [2.45, 2.75) is 31.0 Å². The Bertz CT molecular complexity index is 287. The SMILES string of the molecule is CCNC(CSc1ncccn1)C1CC1. The maximum absolute atomic E-state index is 4.21. The van der Waals surface area contributed by atoms with Crippen molar-refractivity contribution in [3.63, 3.8) is 0 Å². The molecule has 1 aliphatic carbocycles. The summed E-state index contributed by atoms with van der Waals surface area (Å²) in [6, 6.07) is 2.50. The van der Waals surface area contributed by atoms with Crippen molar-refractivity contribution < 1.29 is 0 Å². The number of hydrogen-bond donors (Lipinski definition) is 1. The van der Waals surface area contributed by atoms with Crippen molar-refractivity contribution in [1.82, 2.24) is 15.3 Å². The first-order chi connectivity index (χ1) is 7.40. The van der Waals surface area contributed by atoms with E-state index >= 15 is 0 Å². The Morgan fingerprint density at radius 3 is 2.80 bits per heavy atom. The molecule has 15 heavy (non-hydrogen) atoms. The number of rotatable bonds is 6. The smallest absolute Gasteiger partial charge is 0.187 e. The molecule has 0 amide bonds. The first-order valence-corrected chi connectivity index (χ1v) is 6.52. The number of aromatic nitrogens is 2. The number of thioether (sulfide) groups is 1. The number of nitrogens with zero attached hydrogens (tertiary/aromatic N) is 2. The molecule has 82 valence electrons. The van der Waals surface area contributed by atoms with Gasteiger partial charge in [-0.15, -0.1) is 0 Å². The van der Waals surface area contributed by atoms with Gasteiger partial charge in [0, 0.05) is 24.2 Å². The van der Waals surface area contributed by atoms with Gasteiger partial charge in [0.15, 0.2) is 5.16 Å². The molecule has 1 atom stereocenters. The lowest BCUT2D eigenvalue weighted by Gasteiger charge is -2.15. The normalized spacial score (nSPS) is 17.7. The molecule has 0 spiro atoms. The molecule has 1 saturated carbocycles. The van der Waals surface area contributed by atoms with E-state index in [1.54, 1.807) is 24.2 Å². The average molecular weight is 223 g/mol. The van der Waals surface area contributed by atoms with Gasteiger partial charge >= 0.3 is 0 Å². The fourth-order valence-corrected chi connectivity index (χ4v) is 2.64. The average Bonchev–Trinajstić information content (AvgIpc) is 3.09. The molecular weight excluding hydrogens is 206 g/mol. The highest BCUT2D eigenvalue weighted by Crippen LogP contribution is 2.34. The minimum absolute atomic E-state index is 0.642. The monoisotopic (exact) mass is 223 g/mol. The number of hydrogen-bond acceptors (Lipinski definition) is 4. The van der Waals surface area contributed by atoms with Crippen molar-refractivity contribution in [1.29, 1.82) is 0 Å². The van der Waals surface area contributed by atoms with Gasteiger partial charge in [0.25, 0.3) is 0 Å². The standard InChI is InChI=1S/C11H17N3S/c1-2-12-10(9-4-5-9)8-15-11-13-6-3-7-14-11/h3,6-7,9-10,12H,2,4-5,8H2,1H3. The van der Waals surface area contributed by atoms with Crippen LogP contribution in [0.15, 0.2) is 23.6 Å². The van der Waals surface area contributed by atoms with Gasteiger partial charge in [-0.2, -0.15) is 0 Å². The van der Waals surface area contributed by atoms with Crippen LogP contribution in [0, 0.1) is 5.92 Å². The highest BCUT2D eigenvalue weighted by atomic mass is 32.2. The molecule has 0 radical (unpaired) electrons. The molecule has 1 fully saturated rings. The zero-order valence-corrected chi connectivity index (χ0v) is 9.83. The van der Waals surface area contributed by atoms with Crippen molar-refractivity contribution in [3.8, 4) is 0 Å². The zero-order valence-electron chi connectivity index (χ0n) is 9.02. The Balaban J connectivity index is 1.80. The van der Waals surface area contributed by atoms with E-state index in [9.17, 15) is 0 Å². The first kappa shape index (κ1) is 10.9. The summed E-state index contributed by atoms with van der Waals surface area (Å²) in [5, 5.41) is 4.43. The summed E-state index contributed by atoms with van der Waals surface area (Å²) in [6.07, 6.45) is 6.37. The Labute approximate surface area is 95.1 Å². The predicted octanol–water partition coefficient (Wildman–Crippen LogP) is 1.96. The summed E-state index contributed by atoms with van der Waals surface area (Å²) in [6.45, 7) is 3.22. The number of nitrogens with one attached hydrogen (secondary N) is 1. The highest BCUT2D eigenvalue weighted by molar-refractivity contribution is 7.99. The third-order valence-electron chi connectivity index (χ3n) is 2.59. The second-order valence-corrected chi connectivity index (χ2v) is 4.83. The molecule has 4 heteroatoms. The third-order valence-corrected chi connectivity index (χ3v) is 3.59. The van der Waals surface area contributed by atoms with Crippen molar-refractivity contribution in [2.75, 3.05) is 12.3 Å². The van der Waals surface area contributed by atoms with Crippen molar-refractivity contribution in [3.05, 3.63) is 18.5 Å². The van der Waals surface area contributed by atoms with Crippen molar-refractivity contribution >= 4 is 11.8 Å². The van der Waals surface area contributed by atoms with E-state index in [-0.39, 0.29) is 0 Å². The van der Waals surface area contributed by atoms with Crippen LogP contribution in [0.2, 0.25) is 0 Å². The summed E-state index contributed by atoms with van der Waals surface area (Å²) in [5.41, 5.74) is 0. The summed E-state index contributed by atoms with van der Waals surface area (Å²) >= 11 is 1.75. The summed E-state index contributed by atoms with van der Waals surface area (Å²) in [7, 11) is 0. The summed E-state index contributed by atoms with van der Waals surface area (Å²) in [4.78, 5) is 8.43. The fourth-order valence-electron chi connectivity index (χ4n) is 1.65.